The van der Waals surface area contributed by atoms with Gasteiger partial charge in [0.2, 0.25) is 0 Å². The minimum atomic E-state index is -4.77. The molecule has 0 unspecified atom stereocenters. The van der Waals surface area contributed by atoms with Crippen molar-refractivity contribution in [3.8, 4) is 28.4 Å². The molecular weight excluding hydrogens is 451 g/mol. The van der Waals surface area contributed by atoms with Gasteiger partial charge in [0.25, 0.3) is 11.5 Å². The highest BCUT2D eigenvalue weighted by Crippen LogP contribution is 2.37. The van der Waals surface area contributed by atoms with E-state index in [4.69, 9.17) is 9.47 Å². The van der Waals surface area contributed by atoms with Crippen LogP contribution in [-0.4, -0.2) is 37.0 Å². The van der Waals surface area contributed by atoms with E-state index >= 15 is 0 Å². The maximum Gasteiger partial charge on any atom is 0.418 e. The molecule has 0 bridgehead atoms. The van der Waals surface area contributed by atoms with Crippen LogP contribution in [0.4, 0.5) is 13.2 Å². The van der Waals surface area contributed by atoms with E-state index < -0.39 is 28.9 Å². The Morgan fingerprint density at radius 1 is 1.03 bits per heavy atom. The zero-order chi connectivity index (χ0) is 24.6. The molecule has 10 heteroatoms. The van der Waals surface area contributed by atoms with Crippen LogP contribution in [0, 0.1) is 0 Å². The van der Waals surface area contributed by atoms with Crippen molar-refractivity contribution in [3.05, 3.63) is 69.0 Å². The molecule has 1 aliphatic rings. The molecule has 1 N–H and O–H groups in total. The van der Waals surface area contributed by atoms with Gasteiger partial charge in [-0.2, -0.15) is 23.0 Å². The summed E-state index contributed by atoms with van der Waals surface area (Å²) in [6, 6.07) is 7.92. The molecule has 0 saturated heterocycles. The molecular formula is C24H22F3N3O4. The number of nitrogens with zero attached hydrogens (tertiary/aromatic N) is 2. The van der Waals surface area contributed by atoms with Gasteiger partial charge in [-0.1, -0.05) is 0 Å². The van der Waals surface area contributed by atoms with Crippen molar-refractivity contribution in [2.75, 3.05) is 21.3 Å². The first-order valence-corrected chi connectivity index (χ1v) is 10.5. The van der Waals surface area contributed by atoms with Gasteiger partial charge in [-0.3, -0.25) is 9.59 Å². The fraction of sp³-hybridized carbons (Fsp3) is 0.292. The molecule has 1 amide bonds. The van der Waals surface area contributed by atoms with Crippen molar-refractivity contribution < 1.29 is 27.4 Å². The number of nitrogens with one attached hydrogen (secondary N) is 1. The lowest BCUT2D eigenvalue weighted by Crippen LogP contribution is -2.29. The third kappa shape index (κ3) is 4.11. The van der Waals surface area contributed by atoms with E-state index in [9.17, 15) is 22.8 Å². The van der Waals surface area contributed by atoms with Crippen molar-refractivity contribution in [2.24, 2.45) is 0 Å². The van der Waals surface area contributed by atoms with E-state index in [-0.39, 0.29) is 5.56 Å². The molecule has 1 aromatic heterocycles. The Balaban J connectivity index is 2.04. The van der Waals surface area contributed by atoms with E-state index in [1.165, 1.54) is 21.3 Å². The maximum atomic E-state index is 13.9. The summed E-state index contributed by atoms with van der Waals surface area (Å²) in [6.07, 6.45) is -3.11. The highest BCUT2D eigenvalue weighted by Gasteiger charge is 2.36. The predicted molar refractivity (Wildman–Crippen MR) is 119 cm³/mol. The van der Waals surface area contributed by atoms with E-state index in [0.717, 1.165) is 22.9 Å². The maximum absolute atomic E-state index is 13.9. The van der Waals surface area contributed by atoms with Gasteiger partial charge < -0.3 is 14.8 Å². The lowest BCUT2D eigenvalue weighted by molar-refractivity contribution is -0.137. The molecule has 1 heterocycles. The van der Waals surface area contributed by atoms with Crippen LogP contribution < -0.4 is 20.3 Å². The number of fused-ring (bicyclic) bond motifs is 1. The van der Waals surface area contributed by atoms with E-state index in [0.29, 0.717) is 53.1 Å². The normalized spacial score (nSPS) is 12.9. The molecule has 0 fully saturated rings. The van der Waals surface area contributed by atoms with Crippen LogP contribution in [0.15, 0.2) is 41.2 Å². The number of amides is 1. The van der Waals surface area contributed by atoms with Gasteiger partial charge >= 0.3 is 6.18 Å². The Labute approximate surface area is 193 Å². The standard InChI is InChI=1S/C24H22F3N3O4/c1-28-22(31)13-7-8-19(24(25,26)27)20(11-13)30-23(32)18-6-4-5-17(18)21(29-30)14-9-15(33-2)12-16(10-14)34-3/h7-12H,4-6H2,1-3H3,(H,28,31). The number of halogens is 3. The molecule has 7 nitrogen and oxygen atoms in total. The van der Waals surface area contributed by atoms with Gasteiger partial charge in [0.1, 0.15) is 11.5 Å². The number of aromatic nitrogens is 2. The first-order chi connectivity index (χ1) is 16.2. The molecule has 2 aromatic carbocycles. The van der Waals surface area contributed by atoms with Crippen LogP contribution >= 0.6 is 0 Å². The number of carbonyl (C=O) groups is 1. The Kier molecular flexibility index (Phi) is 6.07. The Morgan fingerprint density at radius 3 is 2.26 bits per heavy atom. The second-order valence-electron chi connectivity index (χ2n) is 7.79. The lowest BCUT2D eigenvalue weighted by atomic mass is 10.0. The van der Waals surface area contributed by atoms with Crippen molar-refractivity contribution >= 4 is 5.91 Å². The first-order valence-electron chi connectivity index (χ1n) is 10.5. The first kappa shape index (κ1) is 23.3. The Bertz CT molecular complexity index is 1310. The third-order valence-corrected chi connectivity index (χ3v) is 5.80. The summed E-state index contributed by atoms with van der Waals surface area (Å²) < 4.78 is 53.1. The van der Waals surface area contributed by atoms with Gasteiger partial charge in [0, 0.05) is 29.8 Å². The van der Waals surface area contributed by atoms with E-state index in [1.807, 2.05) is 0 Å². The Hall–Kier alpha value is -3.82. The summed E-state index contributed by atoms with van der Waals surface area (Å²) in [4.78, 5) is 25.4. The highest BCUT2D eigenvalue weighted by atomic mass is 19.4. The zero-order valence-electron chi connectivity index (χ0n) is 18.7. The summed E-state index contributed by atoms with van der Waals surface area (Å²) in [5.41, 5.74) is -0.235. The smallest absolute Gasteiger partial charge is 0.418 e. The number of carbonyl (C=O) groups excluding carboxylic acids is 1. The van der Waals surface area contributed by atoms with Gasteiger partial charge in [-0.15, -0.1) is 0 Å². The van der Waals surface area contributed by atoms with Crippen LogP contribution in [0.25, 0.3) is 16.9 Å². The SMILES string of the molecule is CNC(=O)c1ccc(C(F)(F)F)c(-n2nc(-c3cc(OC)cc(OC)c3)c3c(c2=O)CCC3)c1. The average molecular weight is 473 g/mol. The van der Waals surface area contributed by atoms with Gasteiger partial charge in [0.15, 0.2) is 0 Å². The minimum absolute atomic E-state index is 0.0238. The van der Waals surface area contributed by atoms with Gasteiger partial charge in [-0.25, -0.2) is 0 Å². The monoisotopic (exact) mass is 473 g/mol. The van der Waals surface area contributed by atoms with Crippen molar-refractivity contribution in [3.63, 3.8) is 0 Å². The number of rotatable bonds is 5. The Morgan fingerprint density at radius 2 is 1.68 bits per heavy atom. The zero-order valence-corrected chi connectivity index (χ0v) is 18.7. The molecule has 3 aromatic rings. The number of alkyl halides is 3. The number of methoxy groups -OCH3 is 2. The van der Waals surface area contributed by atoms with Crippen molar-refractivity contribution in [1.82, 2.24) is 15.1 Å². The summed E-state index contributed by atoms with van der Waals surface area (Å²) in [6.45, 7) is 0. The fourth-order valence-electron chi connectivity index (χ4n) is 4.15. The van der Waals surface area contributed by atoms with Crippen LogP contribution in [0.3, 0.4) is 0 Å². The van der Waals surface area contributed by atoms with E-state index in [2.05, 4.69) is 10.4 Å². The number of hydrogen-bond acceptors (Lipinski definition) is 5. The summed E-state index contributed by atoms with van der Waals surface area (Å²) in [5.74, 6) is 0.360. The lowest BCUT2D eigenvalue weighted by Gasteiger charge is -2.18. The second-order valence-corrected chi connectivity index (χ2v) is 7.79. The molecule has 0 saturated carbocycles. The van der Waals surface area contributed by atoms with Gasteiger partial charge in [0.05, 0.1) is 31.2 Å². The summed E-state index contributed by atoms with van der Waals surface area (Å²) in [5, 5.41) is 6.78. The minimum Gasteiger partial charge on any atom is -0.497 e. The van der Waals surface area contributed by atoms with Gasteiger partial charge in [-0.05, 0) is 55.2 Å². The molecule has 0 spiro atoms. The van der Waals surface area contributed by atoms with Crippen LogP contribution in [-0.2, 0) is 19.0 Å². The number of hydrogen-bond donors (Lipinski definition) is 1. The van der Waals surface area contributed by atoms with Crippen LogP contribution in [0.1, 0.15) is 33.5 Å². The van der Waals surface area contributed by atoms with E-state index in [1.54, 1.807) is 18.2 Å². The summed E-state index contributed by atoms with van der Waals surface area (Å²) in [7, 11) is 4.34. The van der Waals surface area contributed by atoms with Crippen molar-refractivity contribution in [1.29, 1.82) is 0 Å². The third-order valence-electron chi connectivity index (χ3n) is 5.80. The van der Waals surface area contributed by atoms with Crippen molar-refractivity contribution in [2.45, 2.75) is 25.4 Å². The summed E-state index contributed by atoms with van der Waals surface area (Å²) >= 11 is 0. The van der Waals surface area contributed by atoms with Crippen LogP contribution in [0.2, 0.25) is 0 Å². The molecule has 0 aliphatic heterocycles. The topological polar surface area (TPSA) is 82.5 Å². The quantitative estimate of drug-likeness (QED) is 0.610. The fourth-order valence-corrected chi connectivity index (χ4v) is 4.15. The second kappa shape index (κ2) is 8.85. The largest absolute Gasteiger partial charge is 0.497 e. The predicted octanol–water partition coefficient (Wildman–Crippen LogP) is 3.78. The molecule has 0 radical (unpaired) electrons. The highest BCUT2D eigenvalue weighted by molar-refractivity contribution is 5.94. The number of ether oxygens (including phenoxy) is 2. The molecule has 4 rings (SSSR count). The number of benzene rings is 2. The average Bonchev–Trinajstić information content (AvgIpc) is 3.33. The molecule has 178 valence electrons. The molecule has 34 heavy (non-hydrogen) atoms. The molecule has 0 atom stereocenters. The van der Waals surface area contributed by atoms with Crippen LogP contribution in [0.5, 0.6) is 11.5 Å². The molecule has 1 aliphatic carbocycles.